The van der Waals surface area contributed by atoms with Crippen LogP contribution in [0.2, 0.25) is 0 Å². The highest BCUT2D eigenvalue weighted by Gasteiger charge is 2.15. The van der Waals surface area contributed by atoms with Crippen molar-refractivity contribution in [1.82, 2.24) is 0 Å². The first-order valence-electron chi connectivity index (χ1n) is 5.65. The summed E-state index contributed by atoms with van der Waals surface area (Å²) in [5.41, 5.74) is 0. The predicted octanol–water partition coefficient (Wildman–Crippen LogP) is 2.94. The molecule has 1 N–H and O–H groups in total. The summed E-state index contributed by atoms with van der Waals surface area (Å²) in [5.74, 6) is 0. The summed E-state index contributed by atoms with van der Waals surface area (Å²) in [7, 11) is -4.29. The van der Waals surface area contributed by atoms with Gasteiger partial charge in [0.2, 0.25) is 0 Å². The lowest BCUT2D eigenvalue weighted by Crippen LogP contribution is -2.17. The standard InChI is InChI=1S/C10H22O4S/c1-3-5-6-7-9-10(8-4-2)14-15(11,12)13/h10H,3-9H2,1-2H3,(H,11,12,13)/t10-/m1/s1. The Balaban J connectivity index is 3.83. The van der Waals surface area contributed by atoms with E-state index in [0.717, 1.165) is 32.1 Å². The molecule has 4 nitrogen and oxygen atoms in total. The van der Waals surface area contributed by atoms with E-state index in [-0.39, 0.29) is 6.10 Å². The molecule has 0 amide bonds. The zero-order valence-corrected chi connectivity index (χ0v) is 10.4. The zero-order chi connectivity index (χ0) is 11.7. The van der Waals surface area contributed by atoms with Gasteiger partial charge in [-0.2, -0.15) is 8.42 Å². The fourth-order valence-electron chi connectivity index (χ4n) is 1.53. The summed E-state index contributed by atoms with van der Waals surface area (Å²) in [6.45, 7) is 4.09. The minimum absolute atomic E-state index is 0.359. The Morgan fingerprint density at radius 2 is 1.73 bits per heavy atom. The monoisotopic (exact) mass is 238 g/mol. The second kappa shape index (κ2) is 8.07. The molecule has 5 heteroatoms. The first-order valence-corrected chi connectivity index (χ1v) is 7.01. The number of rotatable bonds is 9. The zero-order valence-electron chi connectivity index (χ0n) is 9.61. The molecule has 0 fully saturated rings. The smallest absolute Gasteiger partial charge is 0.264 e. The molecule has 0 aliphatic rings. The number of hydrogen-bond donors (Lipinski definition) is 1. The fourth-order valence-corrected chi connectivity index (χ4v) is 2.07. The van der Waals surface area contributed by atoms with Gasteiger partial charge < -0.3 is 0 Å². The summed E-state index contributed by atoms with van der Waals surface area (Å²) in [6, 6.07) is 0. The maximum atomic E-state index is 10.5. The van der Waals surface area contributed by atoms with Crippen molar-refractivity contribution in [2.75, 3.05) is 0 Å². The molecule has 1 atom stereocenters. The summed E-state index contributed by atoms with van der Waals surface area (Å²) in [6.07, 6.45) is 6.22. The predicted molar refractivity (Wildman–Crippen MR) is 60.1 cm³/mol. The van der Waals surface area contributed by atoms with Crippen molar-refractivity contribution in [3.8, 4) is 0 Å². The molecule has 0 saturated carbocycles. The van der Waals surface area contributed by atoms with Crippen LogP contribution in [0.3, 0.4) is 0 Å². The first-order chi connectivity index (χ1) is 6.99. The van der Waals surface area contributed by atoms with Crippen LogP contribution >= 0.6 is 0 Å². The average Bonchev–Trinajstić information content (AvgIpc) is 2.10. The highest BCUT2D eigenvalue weighted by atomic mass is 32.3. The van der Waals surface area contributed by atoms with E-state index in [9.17, 15) is 8.42 Å². The minimum Gasteiger partial charge on any atom is -0.264 e. The average molecular weight is 238 g/mol. The van der Waals surface area contributed by atoms with Gasteiger partial charge in [0.05, 0.1) is 6.10 Å². The highest BCUT2D eigenvalue weighted by molar-refractivity contribution is 7.80. The third-order valence-corrected chi connectivity index (χ3v) is 2.76. The van der Waals surface area contributed by atoms with E-state index in [1.54, 1.807) is 0 Å². The molecule has 0 unspecified atom stereocenters. The summed E-state index contributed by atoms with van der Waals surface area (Å²) in [4.78, 5) is 0. The maximum Gasteiger partial charge on any atom is 0.397 e. The summed E-state index contributed by atoms with van der Waals surface area (Å²) >= 11 is 0. The molecule has 15 heavy (non-hydrogen) atoms. The molecule has 0 aliphatic heterocycles. The van der Waals surface area contributed by atoms with Gasteiger partial charge in [-0.05, 0) is 12.8 Å². The van der Waals surface area contributed by atoms with Gasteiger partial charge in [-0.1, -0.05) is 46.0 Å². The van der Waals surface area contributed by atoms with Crippen LogP contribution in [0.15, 0.2) is 0 Å². The summed E-state index contributed by atoms with van der Waals surface area (Å²) in [5, 5.41) is 0. The third-order valence-electron chi connectivity index (χ3n) is 2.25. The van der Waals surface area contributed by atoms with E-state index in [1.807, 2.05) is 6.92 Å². The van der Waals surface area contributed by atoms with Crippen molar-refractivity contribution in [3.05, 3.63) is 0 Å². The van der Waals surface area contributed by atoms with Crippen LogP contribution in [0.5, 0.6) is 0 Å². The van der Waals surface area contributed by atoms with E-state index >= 15 is 0 Å². The van der Waals surface area contributed by atoms with Gasteiger partial charge in [-0.25, -0.2) is 4.18 Å². The van der Waals surface area contributed by atoms with Crippen LogP contribution in [0.25, 0.3) is 0 Å². The Kier molecular flexibility index (Phi) is 8.00. The molecule has 92 valence electrons. The van der Waals surface area contributed by atoms with Crippen LogP contribution < -0.4 is 0 Å². The Bertz CT molecular complexity index is 236. The highest BCUT2D eigenvalue weighted by Crippen LogP contribution is 2.14. The van der Waals surface area contributed by atoms with Crippen LogP contribution in [0.1, 0.15) is 58.8 Å². The van der Waals surface area contributed by atoms with Crippen molar-refractivity contribution >= 4 is 10.4 Å². The number of unbranched alkanes of at least 4 members (excludes halogenated alkanes) is 3. The van der Waals surface area contributed by atoms with Gasteiger partial charge in [-0.15, -0.1) is 0 Å². The second-order valence-electron chi connectivity index (χ2n) is 3.78. The minimum atomic E-state index is -4.29. The largest absolute Gasteiger partial charge is 0.397 e. The molecule has 0 rings (SSSR count). The molecular formula is C10H22O4S. The van der Waals surface area contributed by atoms with E-state index in [1.165, 1.54) is 0 Å². The lowest BCUT2D eigenvalue weighted by atomic mass is 10.1. The molecule has 0 radical (unpaired) electrons. The molecular weight excluding hydrogens is 216 g/mol. The van der Waals surface area contributed by atoms with Gasteiger partial charge in [0.25, 0.3) is 0 Å². The number of hydrogen-bond acceptors (Lipinski definition) is 3. The Hall–Kier alpha value is -0.130. The first kappa shape index (κ1) is 14.9. The maximum absolute atomic E-state index is 10.5. The van der Waals surface area contributed by atoms with Gasteiger partial charge in [0.15, 0.2) is 0 Å². The van der Waals surface area contributed by atoms with Crippen LogP contribution in [-0.2, 0) is 14.6 Å². The van der Waals surface area contributed by atoms with Gasteiger partial charge in [-0.3, -0.25) is 4.55 Å². The quantitative estimate of drug-likeness (QED) is 0.495. The van der Waals surface area contributed by atoms with E-state index < -0.39 is 10.4 Å². The van der Waals surface area contributed by atoms with Crippen molar-refractivity contribution in [1.29, 1.82) is 0 Å². The van der Waals surface area contributed by atoms with Crippen LogP contribution in [-0.4, -0.2) is 19.1 Å². The normalized spacial score (nSPS) is 14.1. The van der Waals surface area contributed by atoms with Gasteiger partial charge >= 0.3 is 10.4 Å². The third kappa shape index (κ3) is 10.2. The Labute approximate surface area is 93.0 Å². The van der Waals surface area contributed by atoms with Gasteiger partial charge in [0, 0.05) is 0 Å². The molecule has 0 aromatic carbocycles. The molecule has 0 aliphatic carbocycles. The lowest BCUT2D eigenvalue weighted by Gasteiger charge is -2.14. The van der Waals surface area contributed by atoms with Crippen molar-refractivity contribution < 1.29 is 17.2 Å². The summed E-state index contributed by atoms with van der Waals surface area (Å²) < 4.78 is 34.2. The van der Waals surface area contributed by atoms with E-state index in [2.05, 4.69) is 11.1 Å². The van der Waals surface area contributed by atoms with E-state index in [0.29, 0.717) is 12.8 Å². The Morgan fingerprint density at radius 3 is 2.20 bits per heavy atom. The SMILES string of the molecule is CCCCCC[C@@H](CCC)OS(=O)(=O)O. The topological polar surface area (TPSA) is 63.6 Å². The van der Waals surface area contributed by atoms with Crippen molar-refractivity contribution in [2.24, 2.45) is 0 Å². The molecule has 0 aromatic heterocycles. The molecule has 0 heterocycles. The lowest BCUT2D eigenvalue weighted by molar-refractivity contribution is 0.160. The van der Waals surface area contributed by atoms with Crippen molar-refractivity contribution in [2.45, 2.75) is 64.9 Å². The molecule has 0 aromatic rings. The fraction of sp³-hybridized carbons (Fsp3) is 1.00. The van der Waals surface area contributed by atoms with Gasteiger partial charge in [0.1, 0.15) is 0 Å². The second-order valence-corrected chi connectivity index (χ2v) is 4.83. The molecule has 0 saturated heterocycles. The van der Waals surface area contributed by atoms with E-state index in [4.69, 9.17) is 4.55 Å². The Morgan fingerprint density at radius 1 is 1.07 bits per heavy atom. The van der Waals surface area contributed by atoms with Crippen LogP contribution in [0.4, 0.5) is 0 Å². The molecule has 0 spiro atoms. The van der Waals surface area contributed by atoms with Crippen molar-refractivity contribution in [3.63, 3.8) is 0 Å². The molecule has 0 bridgehead atoms. The van der Waals surface area contributed by atoms with Crippen LogP contribution in [0, 0.1) is 0 Å².